The zero-order chi connectivity index (χ0) is 22.0. The maximum absolute atomic E-state index is 13.3. The molecule has 10 heteroatoms. The molecule has 31 heavy (non-hydrogen) atoms. The highest BCUT2D eigenvalue weighted by molar-refractivity contribution is 7.92. The lowest BCUT2D eigenvalue weighted by Gasteiger charge is -2.19. The molecule has 160 valence electrons. The number of carbonyl (C=O) groups excluding carboxylic acids is 1. The van der Waals surface area contributed by atoms with Gasteiger partial charge >= 0.3 is 0 Å². The van der Waals surface area contributed by atoms with Gasteiger partial charge in [-0.3, -0.25) is 9.52 Å². The van der Waals surface area contributed by atoms with Gasteiger partial charge in [-0.05, 0) is 54.6 Å². The van der Waals surface area contributed by atoms with E-state index in [2.05, 4.69) is 10.0 Å². The Morgan fingerprint density at radius 3 is 2.19 bits per heavy atom. The Morgan fingerprint density at radius 1 is 0.806 bits per heavy atom. The summed E-state index contributed by atoms with van der Waals surface area (Å²) >= 11 is 0. The van der Waals surface area contributed by atoms with Crippen molar-refractivity contribution < 1.29 is 31.5 Å². The van der Waals surface area contributed by atoms with Gasteiger partial charge < -0.3 is 14.8 Å². The number of rotatable bonds is 5. The van der Waals surface area contributed by atoms with Crippen molar-refractivity contribution in [3.05, 3.63) is 77.9 Å². The molecule has 0 aliphatic carbocycles. The molecule has 0 saturated heterocycles. The van der Waals surface area contributed by atoms with Crippen molar-refractivity contribution in [2.45, 2.75) is 4.90 Å². The Balaban J connectivity index is 1.45. The topological polar surface area (TPSA) is 93.7 Å². The predicted octanol–water partition coefficient (Wildman–Crippen LogP) is 3.79. The van der Waals surface area contributed by atoms with Gasteiger partial charge in [-0.1, -0.05) is 0 Å². The lowest BCUT2D eigenvalue weighted by molar-refractivity contribution is 0.102. The lowest BCUT2D eigenvalue weighted by Crippen LogP contribution is -2.17. The summed E-state index contributed by atoms with van der Waals surface area (Å²) in [5.74, 6) is -1.98. The third kappa shape index (κ3) is 4.58. The van der Waals surface area contributed by atoms with Crippen LogP contribution in [0.25, 0.3) is 0 Å². The number of hydrogen-bond donors (Lipinski definition) is 2. The molecule has 1 heterocycles. The minimum absolute atomic E-state index is 0.00691. The van der Waals surface area contributed by atoms with Gasteiger partial charge in [0.15, 0.2) is 23.1 Å². The fourth-order valence-electron chi connectivity index (χ4n) is 2.87. The number of hydrogen-bond acceptors (Lipinski definition) is 5. The lowest BCUT2D eigenvalue weighted by atomic mass is 10.2. The van der Waals surface area contributed by atoms with E-state index in [0.29, 0.717) is 30.4 Å². The van der Waals surface area contributed by atoms with Crippen molar-refractivity contribution >= 4 is 27.3 Å². The van der Waals surface area contributed by atoms with Crippen LogP contribution in [0.1, 0.15) is 10.4 Å². The van der Waals surface area contributed by atoms with Crippen LogP contribution >= 0.6 is 0 Å². The summed E-state index contributed by atoms with van der Waals surface area (Å²) in [7, 11) is -3.88. The van der Waals surface area contributed by atoms with Crippen LogP contribution in [-0.2, 0) is 10.0 Å². The van der Waals surface area contributed by atoms with Gasteiger partial charge in [0.1, 0.15) is 13.2 Å². The molecule has 0 radical (unpaired) electrons. The van der Waals surface area contributed by atoms with Crippen LogP contribution in [0.3, 0.4) is 0 Å². The largest absolute Gasteiger partial charge is 0.486 e. The number of fused-ring (bicyclic) bond motifs is 1. The smallest absolute Gasteiger partial charge is 0.262 e. The van der Waals surface area contributed by atoms with Crippen molar-refractivity contribution in [3.63, 3.8) is 0 Å². The maximum atomic E-state index is 13.3. The maximum Gasteiger partial charge on any atom is 0.262 e. The summed E-state index contributed by atoms with van der Waals surface area (Å²) in [6.07, 6.45) is 0. The van der Waals surface area contributed by atoms with Crippen molar-refractivity contribution in [2.24, 2.45) is 0 Å². The third-order valence-electron chi connectivity index (χ3n) is 4.40. The van der Waals surface area contributed by atoms with Crippen molar-refractivity contribution in [1.82, 2.24) is 0 Å². The van der Waals surface area contributed by atoms with Crippen LogP contribution in [0, 0.1) is 11.6 Å². The molecule has 3 aromatic rings. The van der Waals surface area contributed by atoms with Gasteiger partial charge in [-0.15, -0.1) is 0 Å². The normalized spacial score (nSPS) is 12.8. The number of amides is 1. The molecule has 2 N–H and O–H groups in total. The quantitative estimate of drug-likeness (QED) is 0.622. The molecule has 0 aromatic heterocycles. The summed E-state index contributed by atoms with van der Waals surface area (Å²) in [6, 6.07) is 13.0. The molecule has 1 aliphatic heterocycles. The molecular formula is C21H16F2N2O5S. The average molecular weight is 446 g/mol. The van der Waals surface area contributed by atoms with Gasteiger partial charge in [0.2, 0.25) is 0 Å². The van der Waals surface area contributed by atoms with E-state index in [-0.39, 0.29) is 16.1 Å². The monoisotopic (exact) mass is 446 g/mol. The number of halogens is 2. The Morgan fingerprint density at radius 2 is 1.48 bits per heavy atom. The highest BCUT2D eigenvalue weighted by Crippen LogP contribution is 2.32. The second kappa shape index (κ2) is 8.23. The van der Waals surface area contributed by atoms with Crippen LogP contribution in [0.5, 0.6) is 11.5 Å². The minimum Gasteiger partial charge on any atom is -0.486 e. The van der Waals surface area contributed by atoms with Gasteiger partial charge in [0, 0.05) is 23.0 Å². The highest BCUT2D eigenvalue weighted by atomic mass is 32.2. The van der Waals surface area contributed by atoms with Crippen molar-refractivity contribution in [2.75, 3.05) is 23.3 Å². The summed E-state index contributed by atoms with van der Waals surface area (Å²) in [6.45, 7) is 0.734. The first-order chi connectivity index (χ1) is 14.8. The Bertz CT molecular complexity index is 1250. The van der Waals surface area contributed by atoms with E-state index in [1.807, 2.05) is 0 Å². The van der Waals surface area contributed by atoms with E-state index >= 15 is 0 Å². The molecule has 0 saturated carbocycles. The molecule has 0 atom stereocenters. The van der Waals surface area contributed by atoms with E-state index in [1.165, 1.54) is 42.5 Å². The van der Waals surface area contributed by atoms with E-state index < -0.39 is 27.6 Å². The third-order valence-corrected chi connectivity index (χ3v) is 5.78. The van der Waals surface area contributed by atoms with E-state index in [0.717, 1.165) is 18.2 Å². The molecule has 1 aliphatic rings. The van der Waals surface area contributed by atoms with Crippen LogP contribution in [0.4, 0.5) is 20.2 Å². The molecule has 7 nitrogen and oxygen atoms in total. The average Bonchev–Trinajstić information content (AvgIpc) is 2.76. The molecule has 0 unspecified atom stereocenters. The summed E-state index contributed by atoms with van der Waals surface area (Å²) < 4.78 is 64.8. The number of sulfonamides is 1. The standard InChI is InChI=1S/C21H16F2N2O5S/c22-17-7-1-13(11-18(17)23)21(26)24-14-2-4-15(5-3-14)25-31(27,28)16-6-8-19-20(12-16)30-10-9-29-19/h1-8,11-12,25H,9-10H2,(H,24,26). The molecule has 0 spiro atoms. The van der Waals surface area contributed by atoms with Gasteiger partial charge in [0.25, 0.3) is 15.9 Å². The first-order valence-corrected chi connectivity index (χ1v) is 10.6. The van der Waals surface area contributed by atoms with Crippen LogP contribution in [0.2, 0.25) is 0 Å². The Hall–Kier alpha value is -3.66. The fraction of sp³-hybridized carbons (Fsp3) is 0.0952. The fourth-order valence-corrected chi connectivity index (χ4v) is 3.94. The number of carbonyl (C=O) groups is 1. The van der Waals surface area contributed by atoms with Crippen molar-refractivity contribution in [3.8, 4) is 11.5 Å². The Kier molecular flexibility index (Phi) is 5.47. The van der Waals surface area contributed by atoms with Gasteiger partial charge in [-0.2, -0.15) is 0 Å². The molecule has 0 fully saturated rings. The number of benzene rings is 3. The van der Waals surface area contributed by atoms with Crippen molar-refractivity contribution in [1.29, 1.82) is 0 Å². The second-order valence-electron chi connectivity index (χ2n) is 6.57. The van der Waals surface area contributed by atoms with E-state index in [9.17, 15) is 22.0 Å². The van der Waals surface area contributed by atoms with E-state index in [1.54, 1.807) is 0 Å². The molecule has 0 bridgehead atoms. The van der Waals surface area contributed by atoms with Crippen LogP contribution in [-0.4, -0.2) is 27.5 Å². The molecule has 4 rings (SSSR count). The minimum atomic E-state index is -3.88. The zero-order valence-electron chi connectivity index (χ0n) is 15.9. The van der Waals surface area contributed by atoms with E-state index in [4.69, 9.17) is 9.47 Å². The first kappa shape index (κ1) is 20.6. The SMILES string of the molecule is O=C(Nc1ccc(NS(=O)(=O)c2ccc3c(c2)OCCO3)cc1)c1ccc(F)c(F)c1. The van der Waals surface area contributed by atoms with Gasteiger partial charge in [0.05, 0.1) is 4.90 Å². The zero-order valence-corrected chi connectivity index (χ0v) is 16.7. The number of ether oxygens (including phenoxy) is 2. The van der Waals surface area contributed by atoms with Crippen LogP contribution in [0.15, 0.2) is 65.6 Å². The summed E-state index contributed by atoms with van der Waals surface area (Å²) in [5.41, 5.74) is 0.556. The Labute approximate surface area is 176 Å². The highest BCUT2D eigenvalue weighted by Gasteiger charge is 2.19. The number of nitrogens with one attached hydrogen (secondary N) is 2. The van der Waals surface area contributed by atoms with Crippen LogP contribution < -0.4 is 19.5 Å². The summed E-state index contributed by atoms with van der Waals surface area (Å²) in [4.78, 5) is 12.2. The molecular weight excluding hydrogens is 430 g/mol. The molecule has 1 amide bonds. The number of anilines is 2. The first-order valence-electron chi connectivity index (χ1n) is 9.11. The second-order valence-corrected chi connectivity index (χ2v) is 8.25. The van der Waals surface area contributed by atoms with Gasteiger partial charge in [-0.25, -0.2) is 17.2 Å². The summed E-state index contributed by atoms with van der Waals surface area (Å²) in [5, 5.41) is 2.53. The predicted molar refractivity (Wildman–Crippen MR) is 109 cm³/mol. The molecule has 3 aromatic carbocycles.